The normalized spacial score (nSPS) is 25.4. The second kappa shape index (κ2) is 6.86. The first-order valence-electron chi connectivity index (χ1n) is 7.00. The molecule has 19 heavy (non-hydrogen) atoms. The standard InChI is InChI=1S/C13H23N3O3/c1-15-8-11(19-10-13(15)18)7-14-12(17)9-16-5-3-2-4-6-16/h11H,2-10H2,1H3,(H,14,17)/t11-/m0/s1. The molecule has 108 valence electrons. The summed E-state index contributed by atoms with van der Waals surface area (Å²) in [5, 5.41) is 2.89. The van der Waals surface area contributed by atoms with E-state index in [1.54, 1.807) is 11.9 Å². The highest BCUT2D eigenvalue weighted by Crippen LogP contribution is 2.07. The molecule has 2 aliphatic heterocycles. The Morgan fingerprint density at radius 1 is 1.37 bits per heavy atom. The molecule has 0 aromatic rings. The molecule has 0 aromatic heterocycles. The molecular weight excluding hydrogens is 246 g/mol. The number of rotatable bonds is 4. The van der Waals surface area contributed by atoms with Crippen LogP contribution in [0, 0.1) is 0 Å². The number of morpholine rings is 1. The van der Waals surface area contributed by atoms with Gasteiger partial charge in [-0.15, -0.1) is 0 Å². The molecule has 0 saturated carbocycles. The zero-order valence-corrected chi connectivity index (χ0v) is 11.6. The van der Waals surface area contributed by atoms with Crippen molar-refractivity contribution in [1.29, 1.82) is 0 Å². The van der Waals surface area contributed by atoms with Crippen LogP contribution in [0.1, 0.15) is 19.3 Å². The van der Waals surface area contributed by atoms with Crippen molar-refractivity contribution in [2.24, 2.45) is 0 Å². The summed E-state index contributed by atoms with van der Waals surface area (Å²) in [6.07, 6.45) is 3.56. The van der Waals surface area contributed by atoms with Crippen molar-refractivity contribution in [3.63, 3.8) is 0 Å². The first kappa shape index (κ1) is 14.3. The van der Waals surface area contributed by atoms with Crippen molar-refractivity contribution >= 4 is 11.8 Å². The number of hydrogen-bond donors (Lipinski definition) is 1. The molecular formula is C13H23N3O3. The number of amides is 2. The number of likely N-dealkylation sites (tertiary alicyclic amines) is 1. The summed E-state index contributed by atoms with van der Waals surface area (Å²) in [5.74, 6) is 0.0425. The molecule has 1 atom stereocenters. The van der Waals surface area contributed by atoms with E-state index >= 15 is 0 Å². The fourth-order valence-electron chi connectivity index (χ4n) is 2.49. The number of piperidine rings is 1. The lowest BCUT2D eigenvalue weighted by Crippen LogP contribution is -2.50. The van der Waals surface area contributed by atoms with Gasteiger partial charge in [0.15, 0.2) is 0 Å². The van der Waals surface area contributed by atoms with Gasteiger partial charge in [0.05, 0.1) is 12.6 Å². The van der Waals surface area contributed by atoms with Gasteiger partial charge in [0.1, 0.15) is 6.61 Å². The zero-order valence-electron chi connectivity index (χ0n) is 11.6. The largest absolute Gasteiger partial charge is 0.365 e. The van der Waals surface area contributed by atoms with Gasteiger partial charge >= 0.3 is 0 Å². The fourth-order valence-corrected chi connectivity index (χ4v) is 2.49. The van der Waals surface area contributed by atoms with E-state index in [2.05, 4.69) is 10.2 Å². The van der Waals surface area contributed by atoms with Gasteiger partial charge in [-0.3, -0.25) is 14.5 Å². The van der Waals surface area contributed by atoms with Crippen LogP contribution < -0.4 is 5.32 Å². The molecule has 2 rings (SSSR count). The maximum Gasteiger partial charge on any atom is 0.248 e. The Bertz CT molecular complexity index is 329. The van der Waals surface area contributed by atoms with Gasteiger partial charge in [-0.1, -0.05) is 6.42 Å². The van der Waals surface area contributed by atoms with Crippen molar-refractivity contribution in [2.45, 2.75) is 25.4 Å². The van der Waals surface area contributed by atoms with E-state index in [0.29, 0.717) is 19.6 Å². The van der Waals surface area contributed by atoms with Gasteiger partial charge in [-0.05, 0) is 25.9 Å². The lowest BCUT2D eigenvalue weighted by Gasteiger charge is -2.30. The molecule has 0 aromatic carbocycles. The second-order valence-corrected chi connectivity index (χ2v) is 5.35. The molecule has 0 bridgehead atoms. The summed E-state index contributed by atoms with van der Waals surface area (Å²) in [6.45, 7) is 3.65. The Morgan fingerprint density at radius 2 is 2.11 bits per heavy atom. The Balaban J connectivity index is 1.64. The molecule has 6 nitrogen and oxygen atoms in total. The minimum Gasteiger partial charge on any atom is -0.365 e. The minimum absolute atomic E-state index is 0.00380. The van der Waals surface area contributed by atoms with E-state index in [-0.39, 0.29) is 24.5 Å². The third-order valence-corrected chi connectivity index (χ3v) is 3.69. The van der Waals surface area contributed by atoms with Crippen molar-refractivity contribution in [2.75, 3.05) is 46.4 Å². The summed E-state index contributed by atoms with van der Waals surface area (Å²) < 4.78 is 5.38. The van der Waals surface area contributed by atoms with Gasteiger partial charge in [-0.2, -0.15) is 0 Å². The highest BCUT2D eigenvalue weighted by Gasteiger charge is 2.24. The third-order valence-electron chi connectivity index (χ3n) is 3.69. The fraction of sp³-hybridized carbons (Fsp3) is 0.846. The average molecular weight is 269 g/mol. The summed E-state index contributed by atoms with van der Waals surface area (Å²) in [4.78, 5) is 26.9. The van der Waals surface area contributed by atoms with E-state index < -0.39 is 0 Å². The van der Waals surface area contributed by atoms with Crippen LogP contribution in [0.15, 0.2) is 0 Å². The molecule has 0 spiro atoms. The Labute approximate surface area is 114 Å². The highest BCUT2D eigenvalue weighted by molar-refractivity contribution is 5.78. The number of carbonyl (C=O) groups is 2. The number of ether oxygens (including phenoxy) is 1. The number of hydrogen-bond acceptors (Lipinski definition) is 4. The molecule has 0 aliphatic carbocycles. The van der Waals surface area contributed by atoms with Crippen LogP contribution in [-0.4, -0.2) is 74.1 Å². The van der Waals surface area contributed by atoms with E-state index in [0.717, 1.165) is 13.1 Å². The summed E-state index contributed by atoms with van der Waals surface area (Å²) in [7, 11) is 1.76. The first-order chi connectivity index (χ1) is 9.15. The Hall–Kier alpha value is -1.14. The van der Waals surface area contributed by atoms with E-state index in [1.165, 1.54) is 19.3 Å². The first-order valence-corrected chi connectivity index (χ1v) is 7.00. The second-order valence-electron chi connectivity index (χ2n) is 5.35. The zero-order chi connectivity index (χ0) is 13.7. The summed E-state index contributed by atoms with van der Waals surface area (Å²) in [5.41, 5.74) is 0. The minimum atomic E-state index is -0.0898. The molecule has 0 unspecified atom stereocenters. The van der Waals surface area contributed by atoms with Crippen LogP contribution in [0.25, 0.3) is 0 Å². The third kappa shape index (κ3) is 4.47. The molecule has 2 aliphatic rings. The molecule has 6 heteroatoms. The van der Waals surface area contributed by atoms with Crippen molar-refractivity contribution in [3.05, 3.63) is 0 Å². The van der Waals surface area contributed by atoms with Crippen molar-refractivity contribution < 1.29 is 14.3 Å². The summed E-state index contributed by atoms with van der Waals surface area (Å²) >= 11 is 0. The topological polar surface area (TPSA) is 61.9 Å². The van der Waals surface area contributed by atoms with E-state index in [9.17, 15) is 9.59 Å². The monoisotopic (exact) mass is 269 g/mol. The van der Waals surface area contributed by atoms with Gasteiger partial charge < -0.3 is 15.0 Å². The van der Waals surface area contributed by atoms with E-state index in [4.69, 9.17) is 4.74 Å². The van der Waals surface area contributed by atoms with Crippen LogP contribution in [0.2, 0.25) is 0 Å². The van der Waals surface area contributed by atoms with Crippen LogP contribution in [0.5, 0.6) is 0 Å². The molecule has 1 N–H and O–H groups in total. The molecule has 2 heterocycles. The van der Waals surface area contributed by atoms with Gasteiger partial charge in [0.2, 0.25) is 11.8 Å². The van der Waals surface area contributed by atoms with Crippen LogP contribution in [0.4, 0.5) is 0 Å². The van der Waals surface area contributed by atoms with Crippen molar-refractivity contribution in [3.8, 4) is 0 Å². The van der Waals surface area contributed by atoms with E-state index in [1.807, 2.05) is 0 Å². The number of likely N-dealkylation sites (N-methyl/N-ethyl adjacent to an activating group) is 1. The lowest BCUT2D eigenvalue weighted by atomic mass is 10.1. The maximum atomic E-state index is 11.8. The van der Waals surface area contributed by atoms with Crippen LogP contribution >= 0.6 is 0 Å². The average Bonchev–Trinajstić information content (AvgIpc) is 2.41. The van der Waals surface area contributed by atoms with Crippen LogP contribution in [-0.2, 0) is 14.3 Å². The van der Waals surface area contributed by atoms with Crippen molar-refractivity contribution in [1.82, 2.24) is 15.1 Å². The smallest absolute Gasteiger partial charge is 0.248 e. The quantitative estimate of drug-likeness (QED) is 0.743. The Kier molecular flexibility index (Phi) is 5.15. The van der Waals surface area contributed by atoms with Crippen LogP contribution in [0.3, 0.4) is 0 Å². The summed E-state index contributed by atoms with van der Waals surface area (Å²) in [6, 6.07) is 0. The number of carbonyl (C=O) groups excluding carboxylic acids is 2. The number of nitrogens with one attached hydrogen (secondary N) is 1. The lowest BCUT2D eigenvalue weighted by molar-refractivity contribution is -0.146. The SMILES string of the molecule is CN1C[C@H](CNC(=O)CN2CCCCC2)OCC1=O. The molecule has 2 saturated heterocycles. The Morgan fingerprint density at radius 3 is 2.79 bits per heavy atom. The highest BCUT2D eigenvalue weighted by atomic mass is 16.5. The predicted octanol–water partition coefficient (Wildman–Crippen LogP) is -0.554. The molecule has 2 amide bonds. The maximum absolute atomic E-state index is 11.8. The predicted molar refractivity (Wildman–Crippen MR) is 70.7 cm³/mol. The van der Waals surface area contributed by atoms with Gasteiger partial charge in [0.25, 0.3) is 0 Å². The van der Waals surface area contributed by atoms with Gasteiger partial charge in [-0.25, -0.2) is 0 Å². The molecule has 0 radical (unpaired) electrons. The van der Waals surface area contributed by atoms with Gasteiger partial charge in [0, 0.05) is 20.1 Å². The number of nitrogens with zero attached hydrogens (tertiary/aromatic N) is 2. The molecule has 2 fully saturated rings.